The van der Waals surface area contributed by atoms with Gasteiger partial charge < -0.3 is 5.73 Å². The molecule has 0 spiro atoms. The Bertz CT molecular complexity index is 199. The molecular weight excluding hydrogens is 198 g/mol. The number of nitrogens with two attached hydrogens (primary N) is 1. The van der Waals surface area contributed by atoms with Crippen LogP contribution in [0.3, 0.4) is 0 Å². The van der Waals surface area contributed by atoms with Crippen LogP contribution in [0, 0.1) is 0 Å². The van der Waals surface area contributed by atoms with Crippen molar-refractivity contribution < 1.29 is 0 Å². The first-order valence-corrected chi connectivity index (χ1v) is 6.45. The van der Waals surface area contributed by atoms with Gasteiger partial charge in [0.25, 0.3) is 0 Å². The number of hydrogen-bond donors (Lipinski definition) is 1. The first-order chi connectivity index (χ1) is 7.79. The second-order valence-electron chi connectivity index (χ2n) is 4.09. The summed E-state index contributed by atoms with van der Waals surface area (Å²) in [6, 6.07) is 0. The van der Waals surface area contributed by atoms with Crippen LogP contribution in [0.1, 0.15) is 58.8 Å². The molecule has 2 N–H and O–H groups in total. The molecule has 0 amide bonds. The molecule has 0 rings (SSSR count). The molecule has 0 atom stereocenters. The van der Waals surface area contributed by atoms with Crippen LogP contribution in [0.25, 0.3) is 0 Å². The van der Waals surface area contributed by atoms with Crippen LogP contribution in [0.4, 0.5) is 0 Å². The third kappa shape index (κ3) is 6.49. The van der Waals surface area contributed by atoms with Gasteiger partial charge in [-0.15, -0.1) is 0 Å². The zero-order chi connectivity index (χ0) is 12.2. The summed E-state index contributed by atoms with van der Waals surface area (Å²) in [5.41, 5.74) is 6.75. The maximum atomic E-state index is 5.64. The Hall–Kier alpha value is -0.990. The quantitative estimate of drug-likeness (QED) is 0.351. The Balaban J connectivity index is 4.02. The molecule has 0 heterocycles. The number of hydrazone groups is 1. The fraction of sp³-hybridized carbons (Fsp3) is 0.769. The summed E-state index contributed by atoms with van der Waals surface area (Å²) in [6.45, 7) is 8.96. The van der Waals surface area contributed by atoms with Crippen molar-refractivity contribution in [3.63, 3.8) is 0 Å². The molecule has 16 heavy (non-hydrogen) atoms. The lowest BCUT2D eigenvalue weighted by Crippen LogP contribution is -2.19. The number of rotatable bonds is 10. The van der Waals surface area contributed by atoms with Crippen molar-refractivity contribution in [1.29, 1.82) is 0 Å². The van der Waals surface area contributed by atoms with Crippen LogP contribution in [0.5, 0.6) is 0 Å². The van der Waals surface area contributed by atoms with Crippen molar-refractivity contribution in [2.24, 2.45) is 10.8 Å². The zero-order valence-electron chi connectivity index (χ0n) is 10.9. The molecule has 0 aliphatic rings. The predicted molar refractivity (Wildman–Crippen MR) is 72.2 cm³/mol. The zero-order valence-corrected chi connectivity index (χ0v) is 10.9. The summed E-state index contributed by atoms with van der Waals surface area (Å²) < 4.78 is 0. The van der Waals surface area contributed by atoms with Crippen LogP contribution in [-0.4, -0.2) is 18.3 Å². The molecule has 0 fully saturated rings. The van der Waals surface area contributed by atoms with Crippen molar-refractivity contribution in [3.05, 3.63) is 11.9 Å². The molecule has 0 aromatic heterocycles. The second-order valence-corrected chi connectivity index (χ2v) is 4.09. The fourth-order valence-electron chi connectivity index (χ4n) is 1.67. The molecule has 0 radical (unpaired) electrons. The standard InChI is InChI=1S/C13H27N3/c1-4-6-8-10-13(12-14)16(15-3)11-9-7-5-2/h12H,3-11,14H2,1-2H3/b13-12-. The van der Waals surface area contributed by atoms with Crippen LogP contribution in [0.2, 0.25) is 0 Å². The average molecular weight is 225 g/mol. The minimum Gasteiger partial charge on any atom is -0.403 e. The molecule has 0 unspecified atom stereocenters. The van der Waals surface area contributed by atoms with Gasteiger partial charge in [-0.05, 0) is 19.3 Å². The largest absolute Gasteiger partial charge is 0.403 e. The van der Waals surface area contributed by atoms with E-state index in [1.165, 1.54) is 32.1 Å². The topological polar surface area (TPSA) is 41.6 Å². The maximum Gasteiger partial charge on any atom is 0.0522 e. The Morgan fingerprint density at radius 3 is 2.31 bits per heavy atom. The van der Waals surface area contributed by atoms with Gasteiger partial charge in [0, 0.05) is 19.5 Å². The number of hydrogen-bond acceptors (Lipinski definition) is 3. The van der Waals surface area contributed by atoms with E-state index in [4.69, 9.17) is 5.73 Å². The van der Waals surface area contributed by atoms with Gasteiger partial charge in [-0.25, -0.2) is 0 Å². The Morgan fingerprint density at radius 1 is 1.19 bits per heavy atom. The third-order valence-corrected chi connectivity index (χ3v) is 2.70. The van der Waals surface area contributed by atoms with Crippen LogP contribution in [-0.2, 0) is 0 Å². The Labute approximate surface area is 100 Å². The van der Waals surface area contributed by atoms with Crippen molar-refractivity contribution in [1.82, 2.24) is 5.01 Å². The van der Waals surface area contributed by atoms with E-state index in [0.29, 0.717) is 0 Å². The van der Waals surface area contributed by atoms with E-state index < -0.39 is 0 Å². The number of nitrogens with zero attached hydrogens (tertiary/aromatic N) is 2. The second kappa shape index (κ2) is 10.5. The van der Waals surface area contributed by atoms with Crippen molar-refractivity contribution in [2.45, 2.75) is 58.8 Å². The van der Waals surface area contributed by atoms with Crippen LogP contribution in [0.15, 0.2) is 17.0 Å². The van der Waals surface area contributed by atoms with E-state index in [2.05, 4.69) is 25.7 Å². The van der Waals surface area contributed by atoms with E-state index in [9.17, 15) is 0 Å². The van der Waals surface area contributed by atoms with E-state index >= 15 is 0 Å². The molecule has 0 aliphatic carbocycles. The normalized spacial score (nSPS) is 11.5. The van der Waals surface area contributed by atoms with Gasteiger partial charge in [-0.2, -0.15) is 5.10 Å². The highest BCUT2D eigenvalue weighted by molar-refractivity contribution is 5.23. The van der Waals surface area contributed by atoms with Gasteiger partial charge in [0.15, 0.2) is 0 Å². The first-order valence-electron chi connectivity index (χ1n) is 6.45. The van der Waals surface area contributed by atoms with E-state index in [0.717, 1.165) is 25.1 Å². The van der Waals surface area contributed by atoms with Crippen molar-refractivity contribution in [2.75, 3.05) is 6.54 Å². The van der Waals surface area contributed by atoms with Gasteiger partial charge in [-0.1, -0.05) is 39.5 Å². The maximum absolute atomic E-state index is 5.64. The molecule has 0 saturated carbocycles. The van der Waals surface area contributed by atoms with E-state index in [1.54, 1.807) is 6.20 Å². The molecule has 0 aliphatic heterocycles. The fourth-order valence-corrected chi connectivity index (χ4v) is 1.67. The summed E-state index contributed by atoms with van der Waals surface area (Å²) in [5.74, 6) is 0. The van der Waals surface area contributed by atoms with Crippen LogP contribution < -0.4 is 5.73 Å². The van der Waals surface area contributed by atoms with Gasteiger partial charge >= 0.3 is 0 Å². The highest BCUT2D eigenvalue weighted by atomic mass is 15.4. The van der Waals surface area contributed by atoms with Gasteiger partial charge in [0.1, 0.15) is 0 Å². The smallest absolute Gasteiger partial charge is 0.0522 e. The van der Waals surface area contributed by atoms with Crippen LogP contribution >= 0.6 is 0 Å². The minimum atomic E-state index is 0.937. The summed E-state index contributed by atoms with van der Waals surface area (Å²) >= 11 is 0. The lowest BCUT2D eigenvalue weighted by Gasteiger charge is -2.21. The van der Waals surface area contributed by atoms with Crippen molar-refractivity contribution >= 4 is 6.72 Å². The lowest BCUT2D eigenvalue weighted by atomic mass is 10.1. The summed E-state index contributed by atoms with van der Waals surface area (Å²) in [6.07, 6.45) is 9.96. The average Bonchev–Trinajstić information content (AvgIpc) is 2.31. The first kappa shape index (κ1) is 15.0. The highest BCUT2D eigenvalue weighted by Gasteiger charge is 2.06. The summed E-state index contributed by atoms with van der Waals surface area (Å²) in [7, 11) is 0. The Morgan fingerprint density at radius 2 is 1.81 bits per heavy atom. The third-order valence-electron chi connectivity index (χ3n) is 2.70. The van der Waals surface area contributed by atoms with Gasteiger partial charge in [0.2, 0.25) is 0 Å². The molecule has 0 bridgehead atoms. The predicted octanol–water partition coefficient (Wildman–Crippen LogP) is 3.47. The van der Waals surface area contributed by atoms with E-state index in [1.807, 2.05) is 5.01 Å². The lowest BCUT2D eigenvalue weighted by molar-refractivity contribution is 0.339. The molecule has 94 valence electrons. The number of allylic oxidation sites excluding steroid dienone is 1. The Kier molecular flexibility index (Phi) is 9.87. The SMILES string of the molecule is C=NN(CCCCC)/C(=C\N)CCCCC. The molecule has 0 aromatic rings. The van der Waals surface area contributed by atoms with Gasteiger partial charge in [-0.3, -0.25) is 5.01 Å². The molecular formula is C13H27N3. The summed E-state index contributed by atoms with van der Waals surface area (Å²) in [5, 5.41) is 5.99. The monoisotopic (exact) mass is 225 g/mol. The summed E-state index contributed by atoms with van der Waals surface area (Å²) in [4.78, 5) is 0. The van der Waals surface area contributed by atoms with E-state index in [-0.39, 0.29) is 0 Å². The highest BCUT2D eigenvalue weighted by Crippen LogP contribution is 2.14. The minimum absolute atomic E-state index is 0.937. The van der Waals surface area contributed by atoms with Gasteiger partial charge in [0.05, 0.1) is 5.70 Å². The molecule has 3 heteroatoms. The van der Waals surface area contributed by atoms with Crippen molar-refractivity contribution in [3.8, 4) is 0 Å². The molecule has 0 saturated heterocycles. The number of unbranched alkanes of at least 4 members (excludes halogenated alkanes) is 4. The molecule has 3 nitrogen and oxygen atoms in total. The molecule has 0 aromatic carbocycles.